The lowest BCUT2D eigenvalue weighted by atomic mass is 9.93. The minimum absolute atomic E-state index is 0.352. The molecule has 1 aliphatic rings. The van der Waals surface area contributed by atoms with E-state index in [4.69, 9.17) is 4.74 Å². The molecule has 1 heterocycles. The van der Waals surface area contributed by atoms with Crippen LogP contribution in [0.2, 0.25) is 0 Å². The summed E-state index contributed by atoms with van der Waals surface area (Å²) in [7, 11) is 0. The predicted octanol–water partition coefficient (Wildman–Crippen LogP) is 7.59. The summed E-state index contributed by atoms with van der Waals surface area (Å²) in [6, 6.07) is 21.9. The van der Waals surface area contributed by atoms with Crippen molar-refractivity contribution in [2.45, 2.75) is 44.6 Å². The molecule has 0 radical (unpaired) electrons. The molecule has 34 heavy (non-hydrogen) atoms. The Morgan fingerprint density at radius 1 is 1.06 bits per heavy atom. The first-order valence-corrected chi connectivity index (χ1v) is 12.9. The van der Waals surface area contributed by atoms with Crippen molar-refractivity contribution in [2.24, 2.45) is 0 Å². The van der Waals surface area contributed by atoms with Crippen molar-refractivity contribution in [3.8, 4) is 11.1 Å². The van der Waals surface area contributed by atoms with Gasteiger partial charge in [-0.05, 0) is 59.9 Å². The average Bonchev–Trinajstić information content (AvgIpc) is 2.86. The summed E-state index contributed by atoms with van der Waals surface area (Å²) >= 11 is 1.72. The first kappa shape index (κ1) is 24.1. The van der Waals surface area contributed by atoms with Gasteiger partial charge in [-0.3, -0.25) is 0 Å². The molecule has 5 heteroatoms. The molecule has 0 bridgehead atoms. The Balaban J connectivity index is 1.61. The first-order valence-electron chi connectivity index (χ1n) is 11.7. The van der Waals surface area contributed by atoms with Crippen molar-refractivity contribution >= 4 is 23.4 Å². The van der Waals surface area contributed by atoms with E-state index in [0.717, 1.165) is 52.8 Å². The van der Waals surface area contributed by atoms with E-state index in [2.05, 4.69) is 42.9 Å². The molecule has 1 aliphatic heterocycles. The van der Waals surface area contributed by atoms with Crippen LogP contribution in [0.1, 0.15) is 53.2 Å². The second-order valence-corrected chi connectivity index (χ2v) is 9.56. The van der Waals surface area contributed by atoms with Gasteiger partial charge in [-0.25, -0.2) is 4.79 Å². The number of nitrogens with one attached hydrogen (secondary N) is 1. The highest BCUT2D eigenvalue weighted by Crippen LogP contribution is 2.50. The summed E-state index contributed by atoms with van der Waals surface area (Å²) in [4.78, 5) is 11.3. The van der Waals surface area contributed by atoms with Gasteiger partial charge in [0.05, 0.1) is 12.2 Å². The second-order valence-electron chi connectivity index (χ2n) is 8.57. The molecule has 0 amide bonds. The number of thioether (sulfide) groups is 1. The van der Waals surface area contributed by atoms with Crippen LogP contribution in [0.5, 0.6) is 0 Å². The van der Waals surface area contributed by atoms with Crippen LogP contribution in [0.15, 0.2) is 78.5 Å². The maximum Gasteiger partial charge on any atom is 0.336 e. The fourth-order valence-corrected chi connectivity index (χ4v) is 5.56. The SMILES string of the molecule is CCCCC1=CNc2ccccc2C1(OCc1ccc(-c2cccc(C)c2C(=O)O)cc1)SC. The minimum atomic E-state index is -0.904. The van der Waals surface area contributed by atoms with Crippen molar-refractivity contribution in [1.29, 1.82) is 0 Å². The average molecular weight is 474 g/mol. The summed E-state index contributed by atoms with van der Waals surface area (Å²) in [5.74, 6) is -0.904. The Morgan fingerprint density at radius 3 is 2.53 bits per heavy atom. The molecule has 3 aromatic carbocycles. The minimum Gasteiger partial charge on any atom is -0.478 e. The van der Waals surface area contributed by atoms with Crippen molar-refractivity contribution in [3.63, 3.8) is 0 Å². The molecule has 0 aromatic heterocycles. The van der Waals surface area contributed by atoms with Crippen LogP contribution in [0.25, 0.3) is 11.1 Å². The fourth-order valence-electron chi connectivity index (χ4n) is 4.56. The summed E-state index contributed by atoms with van der Waals surface area (Å²) in [5, 5.41) is 13.1. The van der Waals surface area contributed by atoms with Crippen LogP contribution in [0, 0.1) is 6.92 Å². The second kappa shape index (κ2) is 10.5. The number of carboxylic acids is 1. The lowest BCUT2D eigenvalue weighted by Crippen LogP contribution is -2.32. The van der Waals surface area contributed by atoms with Crippen molar-refractivity contribution in [1.82, 2.24) is 0 Å². The lowest BCUT2D eigenvalue weighted by Gasteiger charge is -2.39. The van der Waals surface area contributed by atoms with Crippen molar-refractivity contribution in [3.05, 3.63) is 101 Å². The van der Waals surface area contributed by atoms with E-state index in [-0.39, 0.29) is 0 Å². The van der Waals surface area contributed by atoms with Gasteiger partial charge in [0.25, 0.3) is 0 Å². The standard InChI is InChI=1S/C29H31NO3S/c1-4-5-10-23-18-30-26-13-7-6-12-25(26)29(23,34-3)33-19-21-14-16-22(17-15-21)24-11-8-9-20(2)27(24)28(31)32/h6-9,11-18,30H,4-5,10,19H2,1-3H3,(H,31,32). The molecule has 0 aliphatic carbocycles. The summed E-state index contributed by atoms with van der Waals surface area (Å²) in [6.45, 7) is 4.49. The summed E-state index contributed by atoms with van der Waals surface area (Å²) in [6.07, 6.45) is 7.43. The number of benzene rings is 3. The number of unbranched alkanes of at least 4 members (excludes halogenated alkanes) is 1. The highest BCUT2D eigenvalue weighted by molar-refractivity contribution is 7.99. The van der Waals surface area contributed by atoms with E-state index < -0.39 is 10.9 Å². The molecule has 1 unspecified atom stereocenters. The van der Waals surface area contributed by atoms with E-state index in [1.807, 2.05) is 55.5 Å². The molecule has 4 rings (SSSR count). The van der Waals surface area contributed by atoms with Gasteiger partial charge < -0.3 is 15.2 Å². The Hall–Kier alpha value is -3.02. The quantitative estimate of drug-likeness (QED) is 0.314. The van der Waals surface area contributed by atoms with Crippen molar-refractivity contribution in [2.75, 3.05) is 11.6 Å². The zero-order valence-electron chi connectivity index (χ0n) is 19.9. The molecule has 4 nitrogen and oxygen atoms in total. The van der Waals surface area contributed by atoms with Gasteiger partial charge in [0.15, 0.2) is 4.93 Å². The highest BCUT2D eigenvalue weighted by atomic mass is 32.2. The first-order chi connectivity index (χ1) is 16.5. The number of anilines is 1. The number of aromatic carboxylic acids is 1. The molecule has 0 spiro atoms. The number of rotatable bonds is 9. The monoisotopic (exact) mass is 473 g/mol. The number of carbonyl (C=O) groups is 1. The van der Waals surface area contributed by atoms with Gasteiger partial charge >= 0.3 is 5.97 Å². The Kier molecular flexibility index (Phi) is 7.44. The molecule has 0 saturated carbocycles. The number of ether oxygens (including phenoxy) is 1. The number of hydrogen-bond donors (Lipinski definition) is 2. The Labute approximate surface area is 206 Å². The Morgan fingerprint density at radius 2 is 1.82 bits per heavy atom. The molecule has 0 fully saturated rings. The zero-order chi connectivity index (χ0) is 24.1. The smallest absolute Gasteiger partial charge is 0.336 e. The molecular weight excluding hydrogens is 442 g/mol. The summed E-state index contributed by atoms with van der Waals surface area (Å²) in [5.41, 5.74) is 7.26. The van der Waals surface area contributed by atoms with Crippen LogP contribution in [-0.4, -0.2) is 17.3 Å². The zero-order valence-corrected chi connectivity index (χ0v) is 20.7. The normalized spacial score (nSPS) is 17.0. The topological polar surface area (TPSA) is 58.6 Å². The van der Waals surface area contributed by atoms with Gasteiger partial charge in [-0.2, -0.15) is 0 Å². The molecule has 0 saturated heterocycles. The van der Waals surface area contributed by atoms with Crippen molar-refractivity contribution < 1.29 is 14.6 Å². The molecule has 3 aromatic rings. The number of carboxylic acid groups (broad SMARTS) is 1. The third kappa shape index (κ3) is 4.63. The van der Waals surface area contributed by atoms with E-state index >= 15 is 0 Å². The van der Waals surface area contributed by atoms with E-state index in [1.165, 1.54) is 5.57 Å². The van der Waals surface area contributed by atoms with Crippen LogP contribution in [-0.2, 0) is 16.3 Å². The van der Waals surface area contributed by atoms with Gasteiger partial charge in [-0.15, -0.1) is 11.8 Å². The number of aryl methyl sites for hydroxylation is 1. The largest absolute Gasteiger partial charge is 0.478 e. The highest BCUT2D eigenvalue weighted by Gasteiger charge is 2.40. The van der Waals surface area contributed by atoms with Crippen LogP contribution < -0.4 is 5.32 Å². The number of fused-ring (bicyclic) bond motifs is 1. The lowest BCUT2D eigenvalue weighted by molar-refractivity contribution is 0.0336. The van der Waals surface area contributed by atoms with Crippen LogP contribution >= 0.6 is 11.8 Å². The number of hydrogen-bond acceptors (Lipinski definition) is 4. The van der Waals surface area contributed by atoms with Crippen LogP contribution in [0.3, 0.4) is 0 Å². The van der Waals surface area contributed by atoms with Gasteiger partial charge in [-0.1, -0.05) is 74.0 Å². The Bertz CT molecular complexity index is 1200. The molecule has 2 N–H and O–H groups in total. The third-order valence-corrected chi connectivity index (χ3v) is 7.56. The van der Waals surface area contributed by atoms with Gasteiger partial charge in [0.1, 0.15) is 0 Å². The van der Waals surface area contributed by atoms with E-state index in [0.29, 0.717) is 12.2 Å². The van der Waals surface area contributed by atoms with Crippen LogP contribution in [0.4, 0.5) is 5.69 Å². The summed E-state index contributed by atoms with van der Waals surface area (Å²) < 4.78 is 6.73. The van der Waals surface area contributed by atoms with E-state index in [1.54, 1.807) is 11.8 Å². The third-order valence-electron chi connectivity index (χ3n) is 6.39. The molecular formula is C29H31NO3S. The number of para-hydroxylation sites is 1. The molecule has 176 valence electrons. The maximum absolute atomic E-state index is 11.8. The fraction of sp³-hybridized carbons (Fsp3) is 0.276. The maximum atomic E-state index is 11.8. The van der Waals surface area contributed by atoms with E-state index in [9.17, 15) is 9.90 Å². The van der Waals surface area contributed by atoms with Gasteiger partial charge in [0.2, 0.25) is 0 Å². The predicted molar refractivity (Wildman–Crippen MR) is 141 cm³/mol. The molecule has 1 atom stereocenters. The van der Waals surface area contributed by atoms with Gasteiger partial charge in [0, 0.05) is 17.5 Å².